The number of hydrogen-bond acceptors (Lipinski definition) is 0. The molecule has 0 aromatic rings. The van der Waals surface area contributed by atoms with Gasteiger partial charge in [-0.1, -0.05) is 46.5 Å². The fourth-order valence-corrected chi connectivity index (χ4v) is 1.30. The molecule has 0 aliphatic carbocycles. The minimum Gasteiger partial charge on any atom is -0.314 e. The molecule has 0 fully saturated rings. The Morgan fingerprint density at radius 2 is 1.82 bits per heavy atom. The van der Waals surface area contributed by atoms with Crippen LogP contribution in [-0.2, 0) is 0 Å². The summed E-state index contributed by atoms with van der Waals surface area (Å²) in [6, 6.07) is 0. The van der Waals surface area contributed by atoms with Crippen molar-refractivity contribution < 1.29 is 0 Å². The fraction of sp³-hybridized carbons (Fsp3) is 0.909. The molecule has 0 amide bonds. The predicted molar refractivity (Wildman–Crippen MR) is 52.5 cm³/mol. The van der Waals surface area contributed by atoms with Crippen molar-refractivity contribution in [2.75, 3.05) is 0 Å². The SMILES string of the molecule is CCCCCC(C)[C-](C)CC. The molecule has 0 aromatic heterocycles. The van der Waals surface area contributed by atoms with E-state index in [2.05, 4.69) is 27.7 Å². The maximum absolute atomic E-state index is 2.36. The minimum atomic E-state index is 0.853. The molecule has 0 radical (unpaired) electrons. The largest absolute Gasteiger partial charge is 0.314 e. The Hall–Kier alpha value is 0. The lowest BCUT2D eigenvalue weighted by molar-refractivity contribution is 0.493. The van der Waals surface area contributed by atoms with E-state index in [0.717, 1.165) is 5.92 Å². The zero-order valence-electron chi connectivity index (χ0n) is 8.61. The Morgan fingerprint density at radius 1 is 1.18 bits per heavy atom. The second kappa shape index (κ2) is 6.69. The predicted octanol–water partition coefficient (Wildman–Crippen LogP) is 4.21. The van der Waals surface area contributed by atoms with Crippen molar-refractivity contribution >= 4 is 0 Å². The zero-order chi connectivity index (χ0) is 8.69. The van der Waals surface area contributed by atoms with Crippen LogP contribution in [0.15, 0.2) is 0 Å². The first-order valence-electron chi connectivity index (χ1n) is 5.04. The molecule has 0 rings (SSSR count). The van der Waals surface area contributed by atoms with E-state index in [-0.39, 0.29) is 0 Å². The molecule has 0 aliphatic rings. The van der Waals surface area contributed by atoms with Gasteiger partial charge < -0.3 is 5.92 Å². The van der Waals surface area contributed by atoms with E-state index in [1.165, 1.54) is 32.1 Å². The van der Waals surface area contributed by atoms with Gasteiger partial charge in [-0.05, 0) is 0 Å². The summed E-state index contributed by atoms with van der Waals surface area (Å²) in [6.07, 6.45) is 6.81. The monoisotopic (exact) mass is 155 g/mol. The third-order valence-electron chi connectivity index (χ3n) is 2.64. The molecule has 1 unspecified atom stereocenters. The van der Waals surface area contributed by atoms with Crippen molar-refractivity contribution in [1.82, 2.24) is 0 Å². The highest BCUT2D eigenvalue weighted by Gasteiger charge is 1.96. The van der Waals surface area contributed by atoms with Crippen LogP contribution in [0.5, 0.6) is 0 Å². The van der Waals surface area contributed by atoms with Gasteiger partial charge in [-0.15, -0.1) is 0 Å². The number of rotatable bonds is 6. The van der Waals surface area contributed by atoms with Gasteiger partial charge in [-0.25, -0.2) is 0 Å². The Labute approximate surface area is 72.4 Å². The van der Waals surface area contributed by atoms with Gasteiger partial charge >= 0.3 is 0 Å². The van der Waals surface area contributed by atoms with Gasteiger partial charge in [0.1, 0.15) is 0 Å². The smallest absolute Gasteiger partial charge is 0.0537 e. The van der Waals surface area contributed by atoms with Gasteiger partial charge in [0.2, 0.25) is 0 Å². The van der Waals surface area contributed by atoms with Crippen molar-refractivity contribution in [2.24, 2.45) is 5.92 Å². The average molecular weight is 155 g/mol. The van der Waals surface area contributed by atoms with Crippen LogP contribution in [0.2, 0.25) is 0 Å². The lowest BCUT2D eigenvalue weighted by Crippen LogP contribution is -2.04. The normalized spacial score (nSPS) is 13.9. The van der Waals surface area contributed by atoms with Crippen LogP contribution in [0, 0.1) is 11.8 Å². The minimum absolute atomic E-state index is 0.853. The number of unbranched alkanes of at least 4 members (excludes halogenated alkanes) is 2. The van der Waals surface area contributed by atoms with Crippen LogP contribution in [-0.4, -0.2) is 0 Å². The topological polar surface area (TPSA) is 0 Å². The molecule has 0 saturated carbocycles. The molecule has 0 aliphatic heterocycles. The van der Waals surface area contributed by atoms with E-state index in [1.807, 2.05) is 0 Å². The van der Waals surface area contributed by atoms with Crippen molar-refractivity contribution in [3.8, 4) is 0 Å². The van der Waals surface area contributed by atoms with Gasteiger partial charge in [-0.3, -0.25) is 0 Å². The lowest BCUT2D eigenvalue weighted by atomic mass is 9.89. The Morgan fingerprint density at radius 3 is 2.27 bits per heavy atom. The van der Waals surface area contributed by atoms with Gasteiger partial charge in [0.25, 0.3) is 0 Å². The highest BCUT2D eigenvalue weighted by Crippen LogP contribution is 2.22. The molecular formula is C11H23-. The highest BCUT2D eigenvalue weighted by atomic mass is 14.1. The Balaban J connectivity index is 3.28. The van der Waals surface area contributed by atoms with Crippen LogP contribution in [0.4, 0.5) is 0 Å². The average Bonchev–Trinajstić information content (AvgIpc) is 2.03. The van der Waals surface area contributed by atoms with Crippen molar-refractivity contribution in [3.63, 3.8) is 0 Å². The summed E-state index contributed by atoms with van der Waals surface area (Å²) in [7, 11) is 0. The van der Waals surface area contributed by atoms with E-state index in [0.29, 0.717) is 0 Å². The summed E-state index contributed by atoms with van der Waals surface area (Å²) in [5.41, 5.74) is 0. The second-order valence-electron chi connectivity index (χ2n) is 3.60. The van der Waals surface area contributed by atoms with Crippen LogP contribution >= 0.6 is 0 Å². The standard InChI is InChI=1S/C11H23/c1-5-7-8-9-11(4)10(3)6-2/h11H,5-9H2,1-4H3/q-1. The molecule has 11 heavy (non-hydrogen) atoms. The summed E-state index contributed by atoms with van der Waals surface area (Å²) < 4.78 is 0. The van der Waals surface area contributed by atoms with E-state index < -0.39 is 0 Å². The molecule has 0 spiro atoms. The molecule has 68 valence electrons. The van der Waals surface area contributed by atoms with Crippen LogP contribution in [0.3, 0.4) is 0 Å². The molecular weight excluding hydrogens is 132 g/mol. The zero-order valence-corrected chi connectivity index (χ0v) is 8.61. The maximum Gasteiger partial charge on any atom is -0.0537 e. The highest BCUT2D eigenvalue weighted by molar-refractivity contribution is 4.87. The van der Waals surface area contributed by atoms with E-state index in [9.17, 15) is 0 Å². The Bertz CT molecular complexity index is 76.1. The molecule has 0 heteroatoms. The van der Waals surface area contributed by atoms with E-state index in [4.69, 9.17) is 0 Å². The van der Waals surface area contributed by atoms with E-state index in [1.54, 1.807) is 5.92 Å². The first-order chi connectivity index (χ1) is 5.22. The summed E-state index contributed by atoms with van der Waals surface area (Å²) >= 11 is 0. The molecule has 0 heterocycles. The van der Waals surface area contributed by atoms with Crippen molar-refractivity contribution in [3.05, 3.63) is 5.92 Å². The van der Waals surface area contributed by atoms with Gasteiger partial charge in [0, 0.05) is 0 Å². The molecule has 0 N–H and O–H groups in total. The quantitative estimate of drug-likeness (QED) is 0.398. The first kappa shape index (κ1) is 11.0. The van der Waals surface area contributed by atoms with Crippen LogP contribution < -0.4 is 0 Å². The third-order valence-corrected chi connectivity index (χ3v) is 2.64. The first-order valence-corrected chi connectivity index (χ1v) is 5.04. The van der Waals surface area contributed by atoms with Gasteiger partial charge in [-0.2, -0.15) is 19.3 Å². The Kier molecular flexibility index (Phi) is 6.69. The van der Waals surface area contributed by atoms with Crippen LogP contribution in [0.1, 0.15) is 59.8 Å². The third kappa shape index (κ3) is 5.29. The molecule has 0 nitrogen and oxygen atoms in total. The summed E-state index contributed by atoms with van der Waals surface area (Å²) in [6.45, 7) is 9.16. The summed E-state index contributed by atoms with van der Waals surface area (Å²) in [5, 5.41) is 0. The maximum atomic E-state index is 2.36. The van der Waals surface area contributed by atoms with Gasteiger partial charge in [0.05, 0.1) is 0 Å². The fourth-order valence-electron chi connectivity index (χ4n) is 1.30. The summed E-state index contributed by atoms with van der Waals surface area (Å²) in [4.78, 5) is 0. The summed E-state index contributed by atoms with van der Waals surface area (Å²) in [5.74, 6) is 2.52. The van der Waals surface area contributed by atoms with Crippen molar-refractivity contribution in [2.45, 2.75) is 59.8 Å². The second-order valence-corrected chi connectivity index (χ2v) is 3.60. The molecule has 0 bridgehead atoms. The molecule has 1 atom stereocenters. The molecule has 0 aromatic carbocycles. The lowest BCUT2D eigenvalue weighted by Gasteiger charge is -2.31. The van der Waals surface area contributed by atoms with E-state index >= 15 is 0 Å². The van der Waals surface area contributed by atoms with Crippen molar-refractivity contribution in [1.29, 1.82) is 0 Å². The van der Waals surface area contributed by atoms with Gasteiger partial charge in [0.15, 0.2) is 0 Å². The van der Waals surface area contributed by atoms with Crippen LogP contribution in [0.25, 0.3) is 0 Å². The number of hydrogen-bond donors (Lipinski definition) is 0. The molecule has 0 saturated heterocycles.